The Bertz CT molecular complexity index is 890. The number of nitrogens with one attached hydrogen (secondary N) is 1. The highest BCUT2D eigenvalue weighted by Crippen LogP contribution is 2.36. The number of halogens is 3. The molecule has 3 rings (SSSR count). The van der Waals surface area contributed by atoms with Crippen molar-refractivity contribution in [3.05, 3.63) is 53.6 Å². The van der Waals surface area contributed by atoms with E-state index in [4.69, 9.17) is 9.88 Å². The molecule has 0 saturated carbocycles. The van der Waals surface area contributed by atoms with Gasteiger partial charge in [0.05, 0.1) is 10.5 Å². The van der Waals surface area contributed by atoms with Gasteiger partial charge in [-0.2, -0.15) is 13.2 Å². The van der Waals surface area contributed by atoms with Crippen molar-refractivity contribution in [2.45, 2.75) is 30.0 Å². The monoisotopic (exact) mass is 386 g/mol. The van der Waals surface area contributed by atoms with Gasteiger partial charge in [-0.05, 0) is 61.9 Å². The van der Waals surface area contributed by atoms with Crippen LogP contribution in [0.25, 0.3) is 0 Å². The maximum Gasteiger partial charge on any atom is 0.416 e. The Hall–Kier alpha value is -2.10. The zero-order valence-electron chi connectivity index (χ0n) is 13.6. The Labute approximate surface area is 149 Å². The van der Waals surface area contributed by atoms with Gasteiger partial charge in [0.1, 0.15) is 11.5 Å². The molecule has 0 aliphatic carbocycles. The standard InChI is InChI=1S/C17H17F3N2O3S/c18-17(19,20)11-3-5-12(6-4-11)25-16-8-7-13(26(21,23)24)10-14(16)15-2-1-9-22-15/h3-8,10,15,22H,1-2,9H2,(H2,21,23,24). The summed E-state index contributed by atoms with van der Waals surface area (Å²) in [6, 6.07) is 8.42. The first-order chi connectivity index (χ1) is 12.1. The number of sulfonamides is 1. The minimum atomic E-state index is -4.42. The van der Waals surface area contributed by atoms with E-state index in [1.165, 1.54) is 30.3 Å². The molecule has 1 aliphatic rings. The molecule has 1 heterocycles. The normalized spacial score (nSPS) is 18.1. The molecule has 26 heavy (non-hydrogen) atoms. The molecular formula is C17H17F3N2O3S. The van der Waals surface area contributed by atoms with Crippen molar-refractivity contribution in [3.8, 4) is 11.5 Å². The van der Waals surface area contributed by atoms with Crippen molar-refractivity contribution in [2.24, 2.45) is 5.14 Å². The van der Waals surface area contributed by atoms with Crippen LogP contribution in [0, 0.1) is 0 Å². The Morgan fingerprint density at radius 3 is 2.35 bits per heavy atom. The molecule has 0 bridgehead atoms. The molecule has 140 valence electrons. The molecule has 1 atom stereocenters. The van der Waals surface area contributed by atoms with Gasteiger partial charge in [-0.15, -0.1) is 0 Å². The van der Waals surface area contributed by atoms with Crippen LogP contribution in [0.15, 0.2) is 47.4 Å². The second kappa shape index (κ2) is 6.90. The summed E-state index contributed by atoms with van der Waals surface area (Å²) in [5.41, 5.74) is -0.166. The van der Waals surface area contributed by atoms with Crippen molar-refractivity contribution in [2.75, 3.05) is 6.54 Å². The second-order valence-electron chi connectivity index (χ2n) is 6.02. The first-order valence-corrected chi connectivity index (χ1v) is 9.44. The van der Waals surface area contributed by atoms with E-state index in [1.807, 2.05) is 0 Å². The predicted molar refractivity (Wildman–Crippen MR) is 89.3 cm³/mol. The summed E-state index contributed by atoms with van der Waals surface area (Å²) in [4.78, 5) is -0.0408. The number of rotatable bonds is 4. The summed E-state index contributed by atoms with van der Waals surface area (Å²) in [6.07, 6.45) is -2.71. The number of alkyl halides is 3. The van der Waals surface area contributed by atoms with Crippen LogP contribution in [-0.2, 0) is 16.2 Å². The van der Waals surface area contributed by atoms with Crippen LogP contribution < -0.4 is 15.2 Å². The quantitative estimate of drug-likeness (QED) is 0.842. The van der Waals surface area contributed by atoms with E-state index in [0.29, 0.717) is 11.3 Å². The topological polar surface area (TPSA) is 81.4 Å². The molecular weight excluding hydrogens is 369 g/mol. The van der Waals surface area contributed by atoms with Crippen LogP contribution in [-0.4, -0.2) is 15.0 Å². The summed E-state index contributed by atoms with van der Waals surface area (Å²) in [7, 11) is -3.87. The summed E-state index contributed by atoms with van der Waals surface area (Å²) < 4.78 is 66.9. The zero-order chi connectivity index (χ0) is 18.9. The number of nitrogens with two attached hydrogens (primary N) is 1. The number of hydrogen-bond acceptors (Lipinski definition) is 4. The average Bonchev–Trinajstić information content (AvgIpc) is 3.08. The van der Waals surface area contributed by atoms with E-state index in [9.17, 15) is 21.6 Å². The van der Waals surface area contributed by atoms with Crippen LogP contribution in [0.5, 0.6) is 11.5 Å². The summed E-state index contributed by atoms with van der Waals surface area (Å²) >= 11 is 0. The van der Waals surface area contributed by atoms with E-state index in [-0.39, 0.29) is 16.7 Å². The van der Waals surface area contributed by atoms with E-state index in [2.05, 4.69) is 5.32 Å². The lowest BCUT2D eigenvalue weighted by Gasteiger charge is -2.18. The third-order valence-electron chi connectivity index (χ3n) is 4.15. The molecule has 0 spiro atoms. The van der Waals surface area contributed by atoms with Crippen LogP contribution in [0.1, 0.15) is 30.0 Å². The molecule has 9 heteroatoms. The lowest BCUT2D eigenvalue weighted by Crippen LogP contribution is -2.16. The van der Waals surface area contributed by atoms with Crippen LogP contribution >= 0.6 is 0 Å². The Kier molecular flexibility index (Phi) is 4.96. The largest absolute Gasteiger partial charge is 0.457 e. The molecule has 5 nitrogen and oxygen atoms in total. The van der Waals surface area contributed by atoms with E-state index in [1.54, 1.807) is 0 Å². The molecule has 3 N–H and O–H groups in total. The highest BCUT2D eigenvalue weighted by molar-refractivity contribution is 7.89. The predicted octanol–water partition coefficient (Wildman–Crippen LogP) is 3.57. The molecule has 1 aliphatic heterocycles. The van der Waals surface area contributed by atoms with Gasteiger partial charge in [-0.1, -0.05) is 0 Å². The Morgan fingerprint density at radius 2 is 1.81 bits per heavy atom. The van der Waals surface area contributed by atoms with E-state index in [0.717, 1.165) is 31.5 Å². The molecule has 0 aromatic heterocycles. The second-order valence-corrected chi connectivity index (χ2v) is 7.58. The molecule has 0 radical (unpaired) electrons. The number of ether oxygens (including phenoxy) is 1. The van der Waals surface area contributed by atoms with Crippen LogP contribution in [0.2, 0.25) is 0 Å². The third kappa shape index (κ3) is 4.17. The summed E-state index contributed by atoms with van der Waals surface area (Å²) in [5, 5.41) is 8.43. The van der Waals surface area contributed by atoms with Gasteiger partial charge in [0.15, 0.2) is 0 Å². The van der Waals surface area contributed by atoms with E-state index < -0.39 is 21.8 Å². The number of benzene rings is 2. The first-order valence-electron chi connectivity index (χ1n) is 7.90. The third-order valence-corrected chi connectivity index (χ3v) is 5.07. The van der Waals surface area contributed by atoms with Crippen molar-refractivity contribution in [3.63, 3.8) is 0 Å². The van der Waals surface area contributed by atoms with Crippen LogP contribution in [0.4, 0.5) is 13.2 Å². The molecule has 1 saturated heterocycles. The Balaban J connectivity index is 1.93. The van der Waals surface area contributed by atoms with Gasteiger partial charge < -0.3 is 10.1 Å². The summed E-state index contributed by atoms with van der Waals surface area (Å²) in [5.74, 6) is 0.595. The highest BCUT2D eigenvalue weighted by atomic mass is 32.2. The van der Waals surface area contributed by atoms with Crippen molar-refractivity contribution >= 4 is 10.0 Å². The fourth-order valence-electron chi connectivity index (χ4n) is 2.86. The molecule has 2 aromatic rings. The molecule has 1 unspecified atom stereocenters. The molecule has 0 amide bonds. The fraction of sp³-hybridized carbons (Fsp3) is 0.294. The smallest absolute Gasteiger partial charge is 0.416 e. The zero-order valence-corrected chi connectivity index (χ0v) is 14.4. The lowest BCUT2D eigenvalue weighted by molar-refractivity contribution is -0.137. The van der Waals surface area contributed by atoms with E-state index >= 15 is 0 Å². The SMILES string of the molecule is NS(=O)(=O)c1ccc(Oc2ccc(C(F)(F)F)cc2)c(C2CCCN2)c1. The van der Waals surface area contributed by atoms with Gasteiger partial charge in [0.2, 0.25) is 10.0 Å². The molecule has 2 aromatic carbocycles. The van der Waals surface area contributed by atoms with Gasteiger partial charge in [0, 0.05) is 11.6 Å². The van der Waals surface area contributed by atoms with Gasteiger partial charge in [0.25, 0.3) is 0 Å². The van der Waals surface area contributed by atoms with Crippen molar-refractivity contribution in [1.29, 1.82) is 0 Å². The minimum absolute atomic E-state index is 0.0408. The fourth-order valence-corrected chi connectivity index (χ4v) is 3.41. The first kappa shape index (κ1) is 18.7. The maximum atomic E-state index is 12.7. The minimum Gasteiger partial charge on any atom is -0.457 e. The lowest BCUT2D eigenvalue weighted by atomic mass is 10.0. The van der Waals surface area contributed by atoms with Gasteiger partial charge in [-0.3, -0.25) is 0 Å². The van der Waals surface area contributed by atoms with Crippen molar-refractivity contribution in [1.82, 2.24) is 5.32 Å². The maximum absolute atomic E-state index is 12.7. The molecule has 1 fully saturated rings. The van der Waals surface area contributed by atoms with Gasteiger partial charge in [-0.25, -0.2) is 13.6 Å². The summed E-state index contributed by atoms with van der Waals surface area (Å²) in [6.45, 7) is 0.782. The van der Waals surface area contributed by atoms with Gasteiger partial charge >= 0.3 is 6.18 Å². The number of hydrogen-bond donors (Lipinski definition) is 2. The number of primary sulfonamides is 1. The van der Waals surface area contributed by atoms with Crippen molar-refractivity contribution < 1.29 is 26.3 Å². The van der Waals surface area contributed by atoms with Crippen LogP contribution in [0.3, 0.4) is 0 Å². The Morgan fingerprint density at radius 1 is 1.12 bits per heavy atom. The average molecular weight is 386 g/mol. The highest BCUT2D eigenvalue weighted by Gasteiger charge is 2.30.